The summed E-state index contributed by atoms with van der Waals surface area (Å²) in [6, 6.07) is 6.19. The van der Waals surface area contributed by atoms with Gasteiger partial charge in [0.05, 0.1) is 11.4 Å². The van der Waals surface area contributed by atoms with Gasteiger partial charge in [0.15, 0.2) is 0 Å². The van der Waals surface area contributed by atoms with E-state index in [0.717, 1.165) is 17.9 Å². The zero-order valence-corrected chi connectivity index (χ0v) is 13.3. The van der Waals surface area contributed by atoms with Crippen LogP contribution in [0.15, 0.2) is 18.2 Å². The maximum atomic E-state index is 6.03. The Morgan fingerprint density at radius 3 is 2.67 bits per heavy atom. The van der Waals surface area contributed by atoms with Crippen molar-refractivity contribution in [2.75, 3.05) is 37.7 Å². The Hall–Kier alpha value is -0.490. The molecule has 1 fully saturated rings. The Bertz CT molecular complexity index is 412. The van der Waals surface area contributed by atoms with Gasteiger partial charge in [-0.25, -0.2) is 0 Å². The van der Waals surface area contributed by atoms with E-state index in [-0.39, 0.29) is 0 Å². The predicted molar refractivity (Wildman–Crippen MR) is 86.9 cm³/mol. The fraction of sp³-hybridized carbons (Fsp3) is 0.571. The average Bonchev–Trinajstić information content (AvgIpc) is 2.32. The van der Waals surface area contributed by atoms with Gasteiger partial charge in [-0.2, -0.15) is 0 Å². The lowest BCUT2D eigenvalue weighted by Gasteiger charge is -2.38. The molecule has 3 nitrogen and oxygen atoms in total. The van der Waals surface area contributed by atoms with Crippen molar-refractivity contribution < 1.29 is 0 Å². The van der Waals surface area contributed by atoms with E-state index < -0.39 is 0 Å². The highest BCUT2D eigenvalue weighted by molar-refractivity contribution is 14.1. The first-order valence-corrected chi connectivity index (χ1v) is 7.54. The lowest BCUT2D eigenvalue weighted by atomic mass is 9.80. The van der Waals surface area contributed by atoms with Crippen LogP contribution in [0.3, 0.4) is 0 Å². The second-order valence-electron chi connectivity index (χ2n) is 5.70. The Balaban J connectivity index is 1.94. The highest BCUT2D eigenvalue weighted by atomic mass is 127. The summed E-state index contributed by atoms with van der Waals surface area (Å²) in [6.45, 7) is 5.77. The molecule has 0 radical (unpaired) electrons. The van der Waals surface area contributed by atoms with Gasteiger partial charge >= 0.3 is 0 Å². The normalized spacial score (nSPS) is 19.7. The van der Waals surface area contributed by atoms with Crippen LogP contribution in [0.1, 0.15) is 19.8 Å². The molecule has 1 aromatic rings. The summed E-state index contributed by atoms with van der Waals surface area (Å²) in [5, 5.41) is 3.52. The van der Waals surface area contributed by atoms with Gasteiger partial charge in [-0.15, -0.1) is 0 Å². The van der Waals surface area contributed by atoms with E-state index in [0.29, 0.717) is 5.41 Å². The molecule has 100 valence electrons. The zero-order valence-electron chi connectivity index (χ0n) is 11.2. The maximum absolute atomic E-state index is 6.03. The largest absolute Gasteiger partial charge is 0.397 e. The quantitative estimate of drug-likeness (QED) is 0.644. The van der Waals surface area contributed by atoms with Crippen LogP contribution in [0.5, 0.6) is 0 Å². The van der Waals surface area contributed by atoms with Gasteiger partial charge in [0.25, 0.3) is 0 Å². The molecule has 1 aromatic carbocycles. The molecule has 1 aliphatic rings. The molecule has 3 N–H and O–H groups in total. The zero-order chi connectivity index (χ0) is 13.2. The molecule has 1 aliphatic heterocycles. The summed E-state index contributed by atoms with van der Waals surface area (Å²) in [5.41, 5.74) is 8.33. The summed E-state index contributed by atoms with van der Waals surface area (Å²) < 4.78 is 1.18. The van der Waals surface area contributed by atoms with Crippen molar-refractivity contribution in [3.05, 3.63) is 21.8 Å². The van der Waals surface area contributed by atoms with Crippen LogP contribution < -0.4 is 11.1 Å². The standard InChI is InChI=1S/C14H22IN3/c1-14(5-7-18(2)8-6-14)10-17-13-4-3-11(15)9-12(13)16/h3-4,9,17H,5-8,10,16H2,1-2H3. The summed E-state index contributed by atoms with van der Waals surface area (Å²) >= 11 is 2.29. The number of anilines is 2. The van der Waals surface area contributed by atoms with Crippen molar-refractivity contribution in [2.24, 2.45) is 5.41 Å². The summed E-state index contributed by atoms with van der Waals surface area (Å²) in [4.78, 5) is 2.40. The fourth-order valence-electron chi connectivity index (χ4n) is 2.34. The Morgan fingerprint density at radius 1 is 1.39 bits per heavy atom. The number of rotatable bonds is 3. The molecule has 1 heterocycles. The first-order valence-electron chi connectivity index (χ1n) is 6.46. The minimum atomic E-state index is 0.391. The third-order valence-electron chi connectivity index (χ3n) is 3.91. The molecule has 2 rings (SSSR count). The number of halogens is 1. The van der Waals surface area contributed by atoms with Crippen molar-refractivity contribution >= 4 is 34.0 Å². The molecule has 0 unspecified atom stereocenters. The second kappa shape index (κ2) is 5.65. The van der Waals surface area contributed by atoms with Crippen molar-refractivity contribution in [3.8, 4) is 0 Å². The van der Waals surface area contributed by atoms with Crippen LogP contribution in [0.25, 0.3) is 0 Å². The highest BCUT2D eigenvalue weighted by Gasteiger charge is 2.28. The molecule has 0 bridgehead atoms. The number of hydrogen-bond acceptors (Lipinski definition) is 3. The number of nitrogen functional groups attached to an aromatic ring is 1. The molecular formula is C14H22IN3. The number of hydrogen-bond donors (Lipinski definition) is 2. The molecular weight excluding hydrogens is 337 g/mol. The number of piperidine rings is 1. The van der Waals surface area contributed by atoms with Crippen molar-refractivity contribution in [2.45, 2.75) is 19.8 Å². The third-order valence-corrected chi connectivity index (χ3v) is 4.58. The number of nitrogens with zero attached hydrogens (tertiary/aromatic N) is 1. The van der Waals surface area contributed by atoms with Gasteiger partial charge in [-0.3, -0.25) is 0 Å². The predicted octanol–water partition coefficient (Wildman–Crippen LogP) is 3.02. The molecule has 18 heavy (non-hydrogen) atoms. The fourth-order valence-corrected chi connectivity index (χ4v) is 2.85. The van der Waals surface area contributed by atoms with E-state index in [9.17, 15) is 0 Å². The average molecular weight is 359 g/mol. The first kappa shape index (κ1) is 13.9. The number of nitrogens with two attached hydrogens (primary N) is 1. The van der Waals surface area contributed by atoms with Gasteiger partial charge in [-0.05, 0) is 79.2 Å². The van der Waals surface area contributed by atoms with Crippen LogP contribution in [0.4, 0.5) is 11.4 Å². The molecule has 0 atom stereocenters. The van der Waals surface area contributed by atoms with Crippen LogP contribution in [-0.4, -0.2) is 31.6 Å². The van der Waals surface area contributed by atoms with Gasteiger partial charge in [-0.1, -0.05) is 6.92 Å². The van der Waals surface area contributed by atoms with Crippen LogP contribution in [0.2, 0.25) is 0 Å². The van der Waals surface area contributed by atoms with Crippen LogP contribution >= 0.6 is 22.6 Å². The van der Waals surface area contributed by atoms with Crippen molar-refractivity contribution in [1.29, 1.82) is 0 Å². The Labute approximate surface area is 123 Å². The van der Waals surface area contributed by atoms with Gasteiger partial charge in [0.2, 0.25) is 0 Å². The molecule has 0 aromatic heterocycles. The summed E-state index contributed by atoms with van der Waals surface area (Å²) in [5.74, 6) is 0. The van der Waals surface area contributed by atoms with E-state index in [4.69, 9.17) is 5.73 Å². The summed E-state index contributed by atoms with van der Waals surface area (Å²) in [6.07, 6.45) is 2.50. The minimum absolute atomic E-state index is 0.391. The second-order valence-corrected chi connectivity index (χ2v) is 6.94. The van der Waals surface area contributed by atoms with E-state index in [1.54, 1.807) is 0 Å². The van der Waals surface area contributed by atoms with Crippen LogP contribution in [-0.2, 0) is 0 Å². The number of nitrogens with one attached hydrogen (secondary N) is 1. The number of benzene rings is 1. The number of likely N-dealkylation sites (tertiary alicyclic amines) is 1. The lowest BCUT2D eigenvalue weighted by Crippen LogP contribution is -2.40. The molecule has 4 heteroatoms. The molecule has 0 saturated carbocycles. The summed E-state index contributed by atoms with van der Waals surface area (Å²) in [7, 11) is 2.20. The molecule has 0 spiro atoms. The molecule has 0 aliphatic carbocycles. The minimum Gasteiger partial charge on any atom is -0.397 e. The van der Waals surface area contributed by atoms with Gasteiger partial charge in [0.1, 0.15) is 0 Å². The van der Waals surface area contributed by atoms with E-state index in [1.807, 2.05) is 6.07 Å². The molecule has 0 amide bonds. The lowest BCUT2D eigenvalue weighted by molar-refractivity contribution is 0.150. The van der Waals surface area contributed by atoms with E-state index in [2.05, 4.69) is 58.9 Å². The van der Waals surface area contributed by atoms with E-state index in [1.165, 1.54) is 29.5 Å². The van der Waals surface area contributed by atoms with Gasteiger partial charge < -0.3 is 16.0 Å². The van der Waals surface area contributed by atoms with Crippen molar-refractivity contribution in [3.63, 3.8) is 0 Å². The Kier molecular flexibility index (Phi) is 4.37. The molecule has 1 saturated heterocycles. The smallest absolute Gasteiger partial charge is 0.0574 e. The van der Waals surface area contributed by atoms with E-state index >= 15 is 0 Å². The first-order chi connectivity index (χ1) is 8.48. The highest BCUT2D eigenvalue weighted by Crippen LogP contribution is 2.31. The van der Waals surface area contributed by atoms with Gasteiger partial charge in [0, 0.05) is 10.1 Å². The SMILES string of the molecule is CN1CCC(C)(CNc2ccc(I)cc2N)CC1. The van der Waals surface area contributed by atoms with Crippen LogP contribution in [0, 0.1) is 8.99 Å². The maximum Gasteiger partial charge on any atom is 0.0574 e. The topological polar surface area (TPSA) is 41.3 Å². The van der Waals surface area contributed by atoms with Crippen molar-refractivity contribution in [1.82, 2.24) is 4.90 Å². The third kappa shape index (κ3) is 3.51. The monoisotopic (exact) mass is 359 g/mol. The Morgan fingerprint density at radius 2 is 2.06 bits per heavy atom.